The molecule has 0 spiro atoms. The Labute approximate surface area is 122 Å². The summed E-state index contributed by atoms with van der Waals surface area (Å²) in [6.45, 7) is 3.79. The van der Waals surface area contributed by atoms with Gasteiger partial charge in [-0.1, -0.05) is 29.8 Å². The first-order chi connectivity index (χ1) is 9.49. The number of benzene rings is 2. The zero-order valence-corrected chi connectivity index (χ0v) is 11.9. The Morgan fingerprint density at radius 1 is 1.20 bits per heavy atom. The summed E-state index contributed by atoms with van der Waals surface area (Å²) in [6.07, 6.45) is 0.00302. The van der Waals surface area contributed by atoms with E-state index >= 15 is 0 Å². The Morgan fingerprint density at radius 3 is 2.60 bits per heavy atom. The first-order valence-electron chi connectivity index (χ1n) is 6.24. The Kier molecular flexibility index (Phi) is 4.40. The highest BCUT2D eigenvalue weighted by Gasteiger charge is 2.16. The molecule has 0 radical (unpaired) electrons. The third-order valence-corrected chi connectivity index (χ3v) is 2.96. The molecule has 0 saturated heterocycles. The number of rotatable bonds is 4. The predicted octanol–water partition coefficient (Wildman–Crippen LogP) is 4.50. The van der Waals surface area contributed by atoms with Crippen LogP contribution in [-0.4, -0.2) is 11.9 Å². The van der Waals surface area contributed by atoms with Gasteiger partial charge in [0.1, 0.15) is 5.75 Å². The second-order valence-corrected chi connectivity index (χ2v) is 5.03. The molecule has 2 aromatic rings. The molecule has 0 aliphatic rings. The summed E-state index contributed by atoms with van der Waals surface area (Å²) in [5.74, 6) is -0.540. The first kappa shape index (κ1) is 14.5. The molecule has 2 rings (SSSR count). The topological polar surface area (TPSA) is 26.3 Å². The molecule has 2 nitrogen and oxygen atoms in total. The second-order valence-electron chi connectivity index (χ2n) is 4.62. The van der Waals surface area contributed by atoms with E-state index in [4.69, 9.17) is 16.3 Å². The molecule has 20 heavy (non-hydrogen) atoms. The van der Waals surface area contributed by atoms with Gasteiger partial charge in [-0.25, -0.2) is 4.39 Å². The summed E-state index contributed by atoms with van der Waals surface area (Å²) in [7, 11) is 0. The molecule has 2 aromatic carbocycles. The zero-order chi connectivity index (χ0) is 14.7. The maximum absolute atomic E-state index is 13.9. The number of ketones is 1. The maximum atomic E-state index is 13.9. The number of hydrogen-bond acceptors (Lipinski definition) is 2. The summed E-state index contributed by atoms with van der Waals surface area (Å²) in [4.78, 5) is 12.3. The van der Waals surface area contributed by atoms with E-state index in [2.05, 4.69) is 0 Å². The highest BCUT2D eigenvalue weighted by molar-refractivity contribution is 6.31. The van der Waals surface area contributed by atoms with Gasteiger partial charge in [0.2, 0.25) is 0 Å². The van der Waals surface area contributed by atoms with E-state index in [0.717, 1.165) is 0 Å². The summed E-state index contributed by atoms with van der Waals surface area (Å²) >= 11 is 5.69. The SMILES string of the molecule is CC(C)Oc1cccc(C(=O)c2cccc(Cl)c2F)c1. The number of carbonyl (C=O) groups excluding carboxylic acids is 1. The van der Waals surface area contributed by atoms with Crippen molar-refractivity contribution in [2.45, 2.75) is 20.0 Å². The van der Waals surface area contributed by atoms with Crippen LogP contribution in [-0.2, 0) is 0 Å². The van der Waals surface area contributed by atoms with E-state index in [-0.39, 0.29) is 16.7 Å². The van der Waals surface area contributed by atoms with Crippen molar-refractivity contribution in [3.63, 3.8) is 0 Å². The van der Waals surface area contributed by atoms with Gasteiger partial charge in [-0.15, -0.1) is 0 Å². The third kappa shape index (κ3) is 3.17. The van der Waals surface area contributed by atoms with E-state index in [1.165, 1.54) is 12.1 Å². The lowest BCUT2D eigenvalue weighted by Crippen LogP contribution is -2.08. The van der Waals surface area contributed by atoms with Gasteiger partial charge in [-0.3, -0.25) is 4.79 Å². The van der Waals surface area contributed by atoms with Crippen LogP contribution < -0.4 is 4.74 Å². The predicted molar refractivity (Wildman–Crippen MR) is 77.0 cm³/mol. The Balaban J connectivity index is 2.36. The minimum Gasteiger partial charge on any atom is -0.491 e. The second kappa shape index (κ2) is 6.06. The number of ether oxygens (including phenoxy) is 1. The molecular weight excluding hydrogens is 279 g/mol. The van der Waals surface area contributed by atoms with Crippen LogP contribution >= 0.6 is 11.6 Å². The normalized spacial score (nSPS) is 10.7. The van der Waals surface area contributed by atoms with Crippen LogP contribution in [0.5, 0.6) is 5.75 Å². The molecule has 0 heterocycles. The molecule has 0 saturated carbocycles. The Morgan fingerprint density at radius 2 is 1.90 bits per heavy atom. The molecule has 0 N–H and O–H groups in total. The number of hydrogen-bond donors (Lipinski definition) is 0. The molecule has 0 fully saturated rings. The maximum Gasteiger partial charge on any atom is 0.196 e. The fraction of sp³-hybridized carbons (Fsp3) is 0.188. The molecule has 0 amide bonds. The average Bonchev–Trinajstić information content (AvgIpc) is 2.41. The van der Waals surface area contributed by atoms with Crippen molar-refractivity contribution in [2.24, 2.45) is 0 Å². The minimum atomic E-state index is -0.700. The van der Waals surface area contributed by atoms with Crippen molar-refractivity contribution in [3.8, 4) is 5.75 Å². The molecule has 0 aromatic heterocycles. The highest BCUT2D eigenvalue weighted by Crippen LogP contribution is 2.22. The molecular formula is C16H14ClFO2. The standard InChI is InChI=1S/C16H14ClFO2/c1-10(2)20-12-6-3-5-11(9-12)16(19)13-7-4-8-14(17)15(13)18/h3-10H,1-2H3. The van der Waals surface area contributed by atoms with Crippen molar-refractivity contribution >= 4 is 17.4 Å². The smallest absolute Gasteiger partial charge is 0.196 e. The van der Waals surface area contributed by atoms with E-state index < -0.39 is 11.6 Å². The molecule has 0 atom stereocenters. The van der Waals surface area contributed by atoms with Crippen molar-refractivity contribution in [1.29, 1.82) is 0 Å². The van der Waals surface area contributed by atoms with Crippen LogP contribution in [0.2, 0.25) is 5.02 Å². The van der Waals surface area contributed by atoms with Crippen molar-refractivity contribution < 1.29 is 13.9 Å². The minimum absolute atomic E-state index is 0.00302. The summed E-state index contributed by atoms with van der Waals surface area (Å²) < 4.78 is 19.4. The van der Waals surface area contributed by atoms with Gasteiger partial charge in [0, 0.05) is 5.56 Å². The van der Waals surface area contributed by atoms with Crippen LogP contribution in [0, 0.1) is 5.82 Å². The lowest BCUT2D eigenvalue weighted by atomic mass is 10.0. The lowest BCUT2D eigenvalue weighted by molar-refractivity contribution is 0.103. The van der Waals surface area contributed by atoms with Gasteiger partial charge >= 0.3 is 0 Å². The van der Waals surface area contributed by atoms with Gasteiger partial charge in [0.15, 0.2) is 11.6 Å². The van der Waals surface area contributed by atoms with E-state index in [0.29, 0.717) is 11.3 Å². The van der Waals surface area contributed by atoms with Crippen molar-refractivity contribution in [1.82, 2.24) is 0 Å². The van der Waals surface area contributed by atoms with E-state index in [1.807, 2.05) is 13.8 Å². The van der Waals surface area contributed by atoms with Gasteiger partial charge in [-0.2, -0.15) is 0 Å². The Bertz CT molecular complexity index is 638. The summed E-state index contributed by atoms with van der Waals surface area (Å²) in [5, 5.41) is -0.0644. The van der Waals surface area contributed by atoms with Crippen LogP contribution in [0.15, 0.2) is 42.5 Å². The number of halogens is 2. The fourth-order valence-electron chi connectivity index (χ4n) is 1.82. The molecule has 0 aliphatic heterocycles. The van der Waals surface area contributed by atoms with Gasteiger partial charge in [0.05, 0.1) is 16.7 Å². The molecule has 0 bridgehead atoms. The Hall–Kier alpha value is -1.87. The van der Waals surface area contributed by atoms with Gasteiger partial charge in [0.25, 0.3) is 0 Å². The third-order valence-electron chi connectivity index (χ3n) is 2.66. The molecule has 0 aliphatic carbocycles. The molecule has 104 valence electrons. The first-order valence-corrected chi connectivity index (χ1v) is 6.62. The monoisotopic (exact) mass is 292 g/mol. The van der Waals surface area contributed by atoms with Crippen LogP contribution in [0.4, 0.5) is 4.39 Å². The quantitative estimate of drug-likeness (QED) is 0.776. The van der Waals surface area contributed by atoms with E-state index in [9.17, 15) is 9.18 Å². The lowest BCUT2D eigenvalue weighted by Gasteiger charge is -2.11. The van der Waals surface area contributed by atoms with Crippen LogP contribution in [0.3, 0.4) is 0 Å². The van der Waals surface area contributed by atoms with Crippen LogP contribution in [0.1, 0.15) is 29.8 Å². The molecule has 0 unspecified atom stereocenters. The summed E-state index contributed by atoms with van der Waals surface area (Å²) in [6, 6.07) is 11.1. The number of carbonyl (C=O) groups is 1. The zero-order valence-electron chi connectivity index (χ0n) is 11.2. The largest absolute Gasteiger partial charge is 0.491 e. The van der Waals surface area contributed by atoms with Crippen LogP contribution in [0.25, 0.3) is 0 Å². The summed E-state index contributed by atoms with van der Waals surface area (Å²) in [5.41, 5.74) is 0.323. The molecule has 4 heteroatoms. The van der Waals surface area contributed by atoms with E-state index in [1.54, 1.807) is 30.3 Å². The van der Waals surface area contributed by atoms with Gasteiger partial charge < -0.3 is 4.74 Å². The van der Waals surface area contributed by atoms with Gasteiger partial charge in [-0.05, 0) is 38.1 Å². The highest BCUT2D eigenvalue weighted by atomic mass is 35.5. The van der Waals surface area contributed by atoms with Crippen molar-refractivity contribution in [2.75, 3.05) is 0 Å². The average molecular weight is 293 g/mol. The van der Waals surface area contributed by atoms with Crippen molar-refractivity contribution in [3.05, 3.63) is 64.4 Å². The fourth-order valence-corrected chi connectivity index (χ4v) is 1.99.